The summed E-state index contributed by atoms with van der Waals surface area (Å²) in [4.78, 5) is 0.178. The number of aromatic nitrogens is 2. The first-order valence-electron chi connectivity index (χ1n) is 7.72. The Bertz CT molecular complexity index is 795. The highest BCUT2D eigenvalue weighted by molar-refractivity contribution is 7.89. The van der Waals surface area contributed by atoms with E-state index in [-0.39, 0.29) is 16.9 Å². The van der Waals surface area contributed by atoms with Crippen molar-refractivity contribution in [3.05, 3.63) is 42.2 Å². The largest absolute Gasteiger partial charge is 0.497 e. The van der Waals surface area contributed by atoms with E-state index in [2.05, 4.69) is 9.82 Å². The van der Waals surface area contributed by atoms with Crippen molar-refractivity contribution in [3.8, 4) is 5.75 Å². The predicted octanol–water partition coefficient (Wildman–Crippen LogP) is 1.22. The van der Waals surface area contributed by atoms with Crippen molar-refractivity contribution in [3.63, 3.8) is 0 Å². The van der Waals surface area contributed by atoms with Crippen LogP contribution in [0.5, 0.6) is 5.75 Å². The number of aliphatic hydroxyl groups is 1. The third-order valence-corrected chi connectivity index (χ3v) is 5.81. The first kappa shape index (κ1) is 16.9. The predicted molar refractivity (Wildman–Crippen MR) is 88.0 cm³/mol. The molecular formula is C16H21N3O4S. The van der Waals surface area contributed by atoms with Crippen molar-refractivity contribution in [2.75, 3.05) is 7.11 Å². The zero-order valence-electron chi connectivity index (χ0n) is 13.6. The fraction of sp³-hybridized carbons (Fsp3) is 0.438. The lowest BCUT2D eigenvalue weighted by Gasteiger charge is -2.37. The Labute approximate surface area is 141 Å². The Morgan fingerprint density at radius 2 is 2.00 bits per heavy atom. The summed E-state index contributed by atoms with van der Waals surface area (Å²) in [7, 11) is -0.371. The van der Waals surface area contributed by atoms with E-state index in [0.717, 1.165) is 5.56 Å². The van der Waals surface area contributed by atoms with Gasteiger partial charge in [0.15, 0.2) is 0 Å². The monoisotopic (exact) mass is 351 g/mol. The van der Waals surface area contributed by atoms with Crippen LogP contribution in [0, 0.1) is 5.92 Å². The summed E-state index contributed by atoms with van der Waals surface area (Å²) < 4.78 is 34.9. The van der Waals surface area contributed by atoms with Crippen LogP contribution in [0.4, 0.5) is 0 Å². The van der Waals surface area contributed by atoms with Crippen LogP contribution in [0.1, 0.15) is 24.4 Å². The van der Waals surface area contributed by atoms with Crippen LogP contribution in [0.3, 0.4) is 0 Å². The second kappa shape index (κ2) is 6.54. The molecule has 0 spiro atoms. The smallest absolute Gasteiger partial charge is 0.241 e. The molecular weight excluding hydrogens is 330 g/mol. The number of nitrogens with one attached hydrogen (secondary N) is 1. The molecule has 0 saturated heterocycles. The zero-order chi connectivity index (χ0) is 17.3. The van der Waals surface area contributed by atoms with Gasteiger partial charge < -0.3 is 9.84 Å². The van der Waals surface area contributed by atoms with Gasteiger partial charge in [0.05, 0.1) is 30.3 Å². The van der Waals surface area contributed by atoms with Crippen molar-refractivity contribution in [2.24, 2.45) is 13.0 Å². The molecule has 1 aromatic heterocycles. The van der Waals surface area contributed by atoms with Crippen LogP contribution in [0.15, 0.2) is 41.6 Å². The van der Waals surface area contributed by atoms with Gasteiger partial charge in [0.2, 0.25) is 10.0 Å². The number of aryl methyl sites for hydroxylation is 1. The Balaban J connectivity index is 1.85. The minimum absolute atomic E-state index is 0.0530. The van der Waals surface area contributed by atoms with Crippen molar-refractivity contribution >= 4 is 10.0 Å². The number of sulfonamides is 1. The number of ether oxygens (including phenoxy) is 1. The highest BCUT2D eigenvalue weighted by Crippen LogP contribution is 2.38. The van der Waals surface area contributed by atoms with Gasteiger partial charge in [-0.25, -0.2) is 13.1 Å². The van der Waals surface area contributed by atoms with E-state index in [1.807, 2.05) is 0 Å². The Morgan fingerprint density at radius 1 is 1.33 bits per heavy atom. The van der Waals surface area contributed by atoms with Crippen LogP contribution >= 0.6 is 0 Å². The molecule has 1 heterocycles. The zero-order valence-corrected chi connectivity index (χ0v) is 14.4. The van der Waals surface area contributed by atoms with Crippen LogP contribution in [0.25, 0.3) is 0 Å². The fourth-order valence-electron chi connectivity index (χ4n) is 2.93. The normalized spacial score (nSPS) is 22.0. The van der Waals surface area contributed by atoms with Gasteiger partial charge in [0.1, 0.15) is 5.75 Å². The van der Waals surface area contributed by atoms with Gasteiger partial charge in [0.25, 0.3) is 0 Å². The SMILES string of the molecule is COc1ccc(S(=O)(=O)NC(c2cnn(C)c2)C2CC(O)C2)cc1. The third kappa shape index (κ3) is 3.45. The Morgan fingerprint density at radius 3 is 2.50 bits per heavy atom. The molecule has 1 aliphatic carbocycles. The van der Waals surface area contributed by atoms with Gasteiger partial charge in [-0.15, -0.1) is 0 Å². The first-order chi connectivity index (χ1) is 11.4. The number of rotatable bonds is 6. The third-order valence-electron chi connectivity index (χ3n) is 4.36. The van der Waals surface area contributed by atoms with Crippen LogP contribution in [-0.2, 0) is 17.1 Å². The highest BCUT2D eigenvalue weighted by atomic mass is 32.2. The van der Waals surface area contributed by atoms with E-state index in [0.29, 0.717) is 18.6 Å². The summed E-state index contributed by atoms with van der Waals surface area (Å²) in [6, 6.07) is 5.84. The molecule has 1 unspecified atom stereocenters. The molecule has 2 N–H and O–H groups in total. The van der Waals surface area contributed by atoms with Gasteiger partial charge in [-0.1, -0.05) is 0 Å². The number of hydrogen-bond acceptors (Lipinski definition) is 5. The van der Waals surface area contributed by atoms with Crippen molar-refractivity contribution in [1.82, 2.24) is 14.5 Å². The summed E-state index contributed by atoms with van der Waals surface area (Å²) in [5.74, 6) is 0.650. The summed E-state index contributed by atoms with van der Waals surface area (Å²) in [6.45, 7) is 0. The number of methoxy groups -OCH3 is 1. The second-order valence-corrected chi connectivity index (χ2v) is 7.82. The quantitative estimate of drug-likeness (QED) is 0.816. The van der Waals surface area contributed by atoms with Gasteiger partial charge in [0, 0.05) is 18.8 Å². The molecule has 7 nitrogen and oxygen atoms in total. The number of hydrogen-bond donors (Lipinski definition) is 2. The lowest BCUT2D eigenvalue weighted by atomic mass is 9.76. The minimum Gasteiger partial charge on any atom is -0.497 e. The summed E-state index contributed by atoms with van der Waals surface area (Å²) in [5, 5.41) is 13.7. The van der Waals surface area contributed by atoms with Crippen LogP contribution in [0.2, 0.25) is 0 Å². The molecule has 8 heteroatoms. The molecule has 1 aliphatic rings. The van der Waals surface area contributed by atoms with Crippen molar-refractivity contribution in [2.45, 2.75) is 29.9 Å². The standard InChI is InChI=1S/C16H21N3O4S/c1-19-10-12(9-17-19)16(11-7-13(20)8-11)18-24(21,22)15-5-3-14(23-2)4-6-15/h3-6,9-11,13,16,18,20H,7-8H2,1-2H3. The Kier molecular flexibility index (Phi) is 4.62. The molecule has 1 atom stereocenters. The molecule has 0 radical (unpaired) electrons. The summed E-state index contributed by atoms with van der Waals surface area (Å²) in [6.07, 6.45) is 4.24. The highest BCUT2D eigenvalue weighted by Gasteiger charge is 2.37. The van der Waals surface area contributed by atoms with Gasteiger partial charge in [-0.05, 0) is 43.0 Å². The average Bonchev–Trinajstić information content (AvgIpc) is 2.96. The van der Waals surface area contributed by atoms with Gasteiger partial charge >= 0.3 is 0 Å². The first-order valence-corrected chi connectivity index (χ1v) is 9.20. The number of benzene rings is 1. The van der Waals surface area contributed by atoms with Crippen LogP contribution in [-0.4, -0.2) is 36.5 Å². The molecule has 130 valence electrons. The van der Waals surface area contributed by atoms with E-state index >= 15 is 0 Å². The molecule has 1 saturated carbocycles. The molecule has 1 aromatic carbocycles. The maximum Gasteiger partial charge on any atom is 0.241 e. The summed E-state index contributed by atoms with van der Waals surface area (Å²) >= 11 is 0. The van der Waals surface area contributed by atoms with Crippen LogP contribution < -0.4 is 9.46 Å². The molecule has 2 aromatic rings. The van der Waals surface area contributed by atoms with E-state index < -0.39 is 16.1 Å². The minimum atomic E-state index is -3.69. The van der Waals surface area contributed by atoms with E-state index in [1.165, 1.54) is 19.2 Å². The van der Waals surface area contributed by atoms with Gasteiger partial charge in [-0.3, -0.25) is 4.68 Å². The average molecular weight is 351 g/mol. The lowest BCUT2D eigenvalue weighted by Crippen LogP contribution is -2.41. The van der Waals surface area contributed by atoms with Crippen molar-refractivity contribution < 1.29 is 18.3 Å². The maximum atomic E-state index is 12.7. The second-order valence-electron chi connectivity index (χ2n) is 6.11. The van der Waals surface area contributed by atoms with E-state index in [9.17, 15) is 13.5 Å². The molecule has 0 bridgehead atoms. The summed E-state index contributed by atoms with van der Waals surface area (Å²) in [5.41, 5.74) is 0.798. The topological polar surface area (TPSA) is 93.5 Å². The van der Waals surface area contributed by atoms with E-state index in [1.54, 1.807) is 36.3 Å². The molecule has 1 fully saturated rings. The molecule has 0 amide bonds. The molecule has 0 aliphatic heterocycles. The fourth-order valence-corrected chi connectivity index (χ4v) is 4.22. The molecule has 3 rings (SSSR count). The van der Waals surface area contributed by atoms with Crippen molar-refractivity contribution in [1.29, 1.82) is 0 Å². The Hall–Kier alpha value is -1.90. The maximum absolute atomic E-state index is 12.7. The number of aliphatic hydroxyl groups excluding tert-OH is 1. The van der Waals surface area contributed by atoms with E-state index in [4.69, 9.17) is 4.74 Å². The molecule has 24 heavy (non-hydrogen) atoms. The van der Waals surface area contributed by atoms with Gasteiger partial charge in [-0.2, -0.15) is 5.10 Å². The number of nitrogens with zero attached hydrogens (tertiary/aromatic N) is 2. The lowest BCUT2D eigenvalue weighted by molar-refractivity contribution is 0.0280.